The van der Waals surface area contributed by atoms with Gasteiger partial charge in [-0.1, -0.05) is 12.1 Å². The number of rotatable bonds is 1. The van der Waals surface area contributed by atoms with Crippen LogP contribution in [0.2, 0.25) is 0 Å². The van der Waals surface area contributed by atoms with Crippen molar-refractivity contribution in [2.45, 2.75) is 6.42 Å². The summed E-state index contributed by atoms with van der Waals surface area (Å²) in [5.41, 5.74) is 1.21. The number of benzene rings is 1. The molecule has 1 heterocycles. The zero-order valence-electron chi connectivity index (χ0n) is 6.57. The molecular formula is C9H9IN2. The molecular weight excluding hydrogens is 263 g/mol. The van der Waals surface area contributed by atoms with Gasteiger partial charge in [-0.05, 0) is 34.7 Å². The van der Waals surface area contributed by atoms with Crippen LogP contribution in [0.15, 0.2) is 29.4 Å². The van der Waals surface area contributed by atoms with Crippen molar-refractivity contribution in [3.05, 3.63) is 27.8 Å². The first-order chi connectivity index (χ1) is 5.88. The van der Waals surface area contributed by atoms with E-state index in [1.165, 1.54) is 9.26 Å². The standard InChI is InChI=1S/C9H9IN2/c10-8-4-1-2-5-9(8)12-7-3-6-11-12/h1-2,4-6H,3,7H2. The lowest BCUT2D eigenvalue weighted by atomic mass is 10.3. The summed E-state index contributed by atoms with van der Waals surface area (Å²) in [4.78, 5) is 0. The molecule has 0 atom stereocenters. The van der Waals surface area contributed by atoms with Crippen molar-refractivity contribution in [2.24, 2.45) is 5.10 Å². The van der Waals surface area contributed by atoms with Gasteiger partial charge in [-0.3, -0.25) is 5.01 Å². The molecule has 0 aliphatic carbocycles. The molecule has 1 aromatic carbocycles. The van der Waals surface area contributed by atoms with Gasteiger partial charge in [0.1, 0.15) is 0 Å². The molecule has 62 valence electrons. The Morgan fingerprint density at radius 3 is 2.83 bits per heavy atom. The van der Waals surface area contributed by atoms with E-state index < -0.39 is 0 Å². The Kier molecular flexibility index (Phi) is 2.30. The number of anilines is 1. The molecule has 0 fully saturated rings. The zero-order valence-corrected chi connectivity index (χ0v) is 8.73. The largest absolute Gasteiger partial charge is 0.264 e. The van der Waals surface area contributed by atoms with E-state index in [9.17, 15) is 0 Å². The van der Waals surface area contributed by atoms with Crippen LogP contribution in [0.4, 0.5) is 5.69 Å². The fourth-order valence-electron chi connectivity index (χ4n) is 1.24. The van der Waals surface area contributed by atoms with E-state index in [2.05, 4.69) is 39.8 Å². The highest BCUT2D eigenvalue weighted by molar-refractivity contribution is 14.1. The van der Waals surface area contributed by atoms with Crippen LogP contribution in [-0.2, 0) is 0 Å². The number of hydrogen-bond donors (Lipinski definition) is 0. The predicted molar refractivity (Wildman–Crippen MR) is 59.6 cm³/mol. The fraction of sp³-hybridized carbons (Fsp3) is 0.222. The van der Waals surface area contributed by atoms with E-state index in [4.69, 9.17) is 0 Å². The first kappa shape index (κ1) is 8.04. The minimum absolute atomic E-state index is 1.01. The molecule has 0 spiro atoms. The quantitative estimate of drug-likeness (QED) is 0.717. The molecule has 0 aromatic heterocycles. The highest BCUT2D eigenvalue weighted by atomic mass is 127. The predicted octanol–water partition coefficient (Wildman–Crippen LogP) is 2.49. The highest BCUT2D eigenvalue weighted by Crippen LogP contribution is 2.23. The first-order valence-electron chi connectivity index (χ1n) is 3.92. The van der Waals surface area contributed by atoms with Crippen LogP contribution in [0, 0.1) is 3.57 Å². The third-order valence-corrected chi connectivity index (χ3v) is 2.73. The Morgan fingerprint density at radius 2 is 2.17 bits per heavy atom. The molecule has 0 N–H and O–H groups in total. The van der Waals surface area contributed by atoms with Crippen LogP contribution in [0.3, 0.4) is 0 Å². The minimum atomic E-state index is 1.01. The second-order valence-electron chi connectivity index (χ2n) is 2.66. The van der Waals surface area contributed by atoms with Crippen LogP contribution in [-0.4, -0.2) is 12.8 Å². The molecule has 0 saturated carbocycles. The first-order valence-corrected chi connectivity index (χ1v) is 5.00. The van der Waals surface area contributed by atoms with Crippen molar-refractivity contribution in [2.75, 3.05) is 11.6 Å². The van der Waals surface area contributed by atoms with Crippen molar-refractivity contribution in [1.29, 1.82) is 0 Å². The smallest absolute Gasteiger partial charge is 0.0727 e. The Labute approximate surface area is 85.4 Å². The zero-order chi connectivity index (χ0) is 8.39. The topological polar surface area (TPSA) is 15.6 Å². The summed E-state index contributed by atoms with van der Waals surface area (Å²) in [6.07, 6.45) is 3.02. The van der Waals surface area contributed by atoms with E-state index in [1.807, 2.05) is 23.4 Å². The summed E-state index contributed by atoms with van der Waals surface area (Å²) in [5.74, 6) is 0. The number of hydrogen-bond acceptors (Lipinski definition) is 2. The van der Waals surface area contributed by atoms with Gasteiger partial charge in [0.05, 0.1) is 5.69 Å². The molecule has 0 unspecified atom stereocenters. The normalized spacial score (nSPS) is 15.6. The lowest BCUT2D eigenvalue weighted by Crippen LogP contribution is -2.12. The Balaban J connectivity index is 2.33. The van der Waals surface area contributed by atoms with Crippen molar-refractivity contribution in [1.82, 2.24) is 0 Å². The van der Waals surface area contributed by atoms with Gasteiger partial charge in [0.2, 0.25) is 0 Å². The van der Waals surface area contributed by atoms with E-state index in [1.54, 1.807) is 0 Å². The molecule has 0 bridgehead atoms. The van der Waals surface area contributed by atoms with Gasteiger partial charge in [-0.25, -0.2) is 0 Å². The van der Waals surface area contributed by atoms with Gasteiger partial charge in [-0.2, -0.15) is 5.10 Å². The minimum Gasteiger partial charge on any atom is -0.264 e. The fourth-order valence-corrected chi connectivity index (χ4v) is 1.90. The van der Waals surface area contributed by atoms with Crippen molar-refractivity contribution in [3.8, 4) is 0 Å². The SMILES string of the molecule is Ic1ccccc1N1CCC=N1. The van der Waals surface area contributed by atoms with Gasteiger partial charge in [0.15, 0.2) is 0 Å². The molecule has 1 aliphatic rings. The van der Waals surface area contributed by atoms with Crippen molar-refractivity contribution < 1.29 is 0 Å². The summed E-state index contributed by atoms with van der Waals surface area (Å²) in [7, 11) is 0. The van der Waals surface area contributed by atoms with Gasteiger partial charge < -0.3 is 0 Å². The van der Waals surface area contributed by atoms with Gasteiger partial charge in [0.25, 0.3) is 0 Å². The molecule has 1 aliphatic heterocycles. The van der Waals surface area contributed by atoms with Crippen LogP contribution in [0.25, 0.3) is 0 Å². The lowest BCUT2D eigenvalue weighted by molar-refractivity contribution is 0.918. The van der Waals surface area contributed by atoms with E-state index in [0.717, 1.165) is 13.0 Å². The second kappa shape index (κ2) is 3.43. The molecule has 3 heteroatoms. The molecule has 2 rings (SSSR count). The molecule has 1 aromatic rings. The summed E-state index contributed by atoms with van der Waals surface area (Å²) in [6, 6.07) is 8.30. The Bertz CT molecular complexity index is 309. The van der Waals surface area contributed by atoms with Crippen LogP contribution >= 0.6 is 22.6 Å². The van der Waals surface area contributed by atoms with Crippen molar-refractivity contribution in [3.63, 3.8) is 0 Å². The lowest BCUT2D eigenvalue weighted by Gasteiger charge is -2.14. The molecule has 0 radical (unpaired) electrons. The second-order valence-corrected chi connectivity index (χ2v) is 3.82. The van der Waals surface area contributed by atoms with Gasteiger partial charge in [0, 0.05) is 22.8 Å². The molecule has 0 saturated heterocycles. The molecule has 12 heavy (non-hydrogen) atoms. The van der Waals surface area contributed by atoms with Crippen molar-refractivity contribution >= 4 is 34.5 Å². The Morgan fingerprint density at radius 1 is 1.33 bits per heavy atom. The number of hydrazone groups is 1. The number of halogens is 1. The molecule has 0 amide bonds. The van der Waals surface area contributed by atoms with Gasteiger partial charge in [-0.15, -0.1) is 0 Å². The molecule has 2 nitrogen and oxygen atoms in total. The summed E-state index contributed by atoms with van der Waals surface area (Å²) in [6.45, 7) is 1.01. The van der Waals surface area contributed by atoms with E-state index >= 15 is 0 Å². The number of para-hydroxylation sites is 1. The summed E-state index contributed by atoms with van der Waals surface area (Å²) < 4.78 is 1.26. The van der Waals surface area contributed by atoms with Crippen LogP contribution < -0.4 is 5.01 Å². The third-order valence-electron chi connectivity index (χ3n) is 1.82. The Hall–Kier alpha value is -0.580. The van der Waals surface area contributed by atoms with E-state index in [0.29, 0.717) is 0 Å². The maximum atomic E-state index is 4.27. The summed E-state index contributed by atoms with van der Waals surface area (Å²) >= 11 is 2.33. The highest BCUT2D eigenvalue weighted by Gasteiger charge is 2.10. The van der Waals surface area contributed by atoms with Gasteiger partial charge >= 0.3 is 0 Å². The maximum absolute atomic E-state index is 4.27. The number of nitrogens with zero attached hydrogens (tertiary/aromatic N) is 2. The average molecular weight is 272 g/mol. The van der Waals surface area contributed by atoms with Crippen LogP contribution in [0.5, 0.6) is 0 Å². The van der Waals surface area contributed by atoms with E-state index in [-0.39, 0.29) is 0 Å². The monoisotopic (exact) mass is 272 g/mol. The maximum Gasteiger partial charge on any atom is 0.0727 e. The third kappa shape index (κ3) is 1.46. The van der Waals surface area contributed by atoms with Crippen LogP contribution in [0.1, 0.15) is 6.42 Å². The summed E-state index contributed by atoms with van der Waals surface area (Å²) in [5, 5.41) is 6.31. The average Bonchev–Trinajstić information content (AvgIpc) is 2.57.